The predicted molar refractivity (Wildman–Crippen MR) is 74.0 cm³/mol. The summed E-state index contributed by atoms with van der Waals surface area (Å²) in [5.41, 5.74) is 2.57. The van der Waals surface area contributed by atoms with Gasteiger partial charge in [-0.25, -0.2) is 0 Å². The molecule has 4 rings (SSSR count). The molecule has 2 heterocycles. The quantitative estimate of drug-likeness (QED) is 0.450. The van der Waals surface area contributed by atoms with Crippen molar-refractivity contribution in [3.05, 3.63) is 53.7 Å². The van der Waals surface area contributed by atoms with Crippen molar-refractivity contribution in [3.63, 3.8) is 0 Å². The topological polar surface area (TPSA) is 26.0 Å². The largest absolute Gasteiger partial charge is 0.454 e. The highest BCUT2D eigenvalue weighted by atomic mass is 35.5. The Bertz CT molecular complexity index is 895. The highest BCUT2D eigenvalue weighted by Crippen LogP contribution is 2.31. The van der Waals surface area contributed by atoms with Crippen LogP contribution in [0.2, 0.25) is 5.02 Å². The van der Waals surface area contributed by atoms with Crippen molar-refractivity contribution in [2.45, 2.75) is 0 Å². The van der Waals surface area contributed by atoms with Crippen LogP contribution in [-0.2, 0) is 0 Å². The molecular formula is C15H8ClNO. The van der Waals surface area contributed by atoms with Crippen LogP contribution in [-0.4, -0.2) is 4.98 Å². The Labute approximate surface area is 108 Å². The molecule has 0 amide bonds. The lowest BCUT2D eigenvalue weighted by molar-refractivity contribution is 0.668. The highest BCUT2D eigenvalue weighted by molar-refractivity contribution is 6.31. The number of pyridine rings is 1. The van der Waals surface area contributed by atoms with Crippen LogP contribution in [0.4, 0.5) is 0 Å². The molecule has 18 heavy (non-hydrogen) atoms. The van der Waals surface area contributed by atoms with Gasteiger partial charge in [-0.15, -0.1) is 0 Å². The van der Waals surface area contributed by atoms with Crippen LogP contribution in [0.3, 0.4) is 0 Å². The van der Waals surface area contributed by atoms with Gasteiger partial charge >= 0.3 is 0 Å². The third-order valence-electron chi connectivity index (χ3n) is 3.15. The summed E-state index contributed by atoms with van der Waals surface area (Å²) >= 11 is 6.02. The number of aromatic nitrogens is 1. The second kappa shape index (κ2) is 3.47. The first-order valence-electron chi connectivity index (χ1n) is 5.68. The van der Waals surface area contributed by atoms with Crippen molar-refractivity contribution in [1.29, 1.82) is 0 Å². The van der Waals surface area contributed by atoms with Crippen LogP contribution in [0, 0.1) is 0 Å². The SMILES string of the molecule is Clc1ccc2cc3oc4cccnc4c3cc2c1. The smallest absolute Gasteiger partial charge is 0.153 e. The van der Waals surface area contributed by atoms with Crippen LogP contribution in [0.25, 0.3) is 32.8 Å². The van der Waals surface area contributed by atoms with Crippen LogP contribution in [0.1, 0.15) is 0 Å². The van der Waals surface area contributed by atoms with Crippen molar-refractivity contribution in [2.75, 3.05) is 0 Å². The van der Waals surface area contributed by atoms with Gasteiger partial charge < -0.3 is 4.42 Å². The molecule has 0 unspecified atom stereocenters. The highest BCUT2D eigenvalue weighted by Gasteiger charge is 2.08. The maximum Gasteiger partial charge on any atom is 0.153 e. The molecule has 0 spiro atoms. The number of halogens is 1. The first-order chi connectivity index (χ1) is 8.81. The fraction of sp³-hybridized carbons (Fsp3) is 0. The molecular weight excluding hydrogens is 246 g/mol. The molecule has 0 radical (unpaired) electrons. The summed E-state index contributed by atoms with van der Waals surface area (Å²) in [4.78, 5) is 4.37. The van der Waals surface area contributed by atoms with Gasteiger partial charge in [0.25, 0.3) is 0 Å². The van der Waals surface area contributed by atoms with Gasteiger partial charge in [-0.1, -0.05) is 17.7 Å². The average Bonchev–Trinajstić information content (AvgIpc) is 2.74. The molecule has 86 valence electrons. The van der Waals surface area contributed by atoms with Gasteiger partial charge in [0.15, 0.2) is 5.58 Å². The van der Waals surface area contributed by atoms with Crippen molar-refractivity contribution in [1.82, 2.24) is 4.98 Å². The van der Waals surface area contributed by atoms with Gasteiger partial charge in [-0.05, 0) is 47.2 Å². The van der Waals surface area contributed by atoms with E-state index in [0.717, 1.165) is 37.9 Å². The van der Waals surface area contributed by atoms with Gasteiger partial charge in [0, 0.05) is 16.6 Å². The zero-order valence-electron chi connectivity index (χ0n) is 9.35. The molecule has 0 bridgehead atoms. The number of nitrogens with zero attached hydrogens (tertiary/aromatic N) is 1. The minimum Gasteiger partial charge on any atom is -0.454 e. The molecule has 0 N–H and O–H groups in total. The first kappa shape index (κ1) is 9.92. The molecule has 4 aromatic rings. The van der Waals surface area contributed by atoms with Crippen LogP contribution < -0.4 is 0 Å². The fourth-order valence-electron chi connectivity index (χ4n) is 2.31. The molecule has 0 fully saturated rings. The predicted octanol–water partition coefficient (Wildman–Crippen LogP) is 4.79. The monoisotopic (exact) mass is 253 g/mol. The summed E-state index contributed by atoms with van der Waals surface area (Å²) < 4.78 is 5.80. The van der Waals surface area contributed by atoms with E-state index in [2.05, 4.69) is 11.1 Å². The molecule has 0 aliphatic rings. The molecule has 0 aliphatic heterocycles. The summed E-state index contributed by atoms with van der Waals surface area (Å²) in [5.74, 6) is 0. The Morgan fingerprint density at radius 1 is 0.944 bits per heavy atom. The first-order valence-corrected chi connectivity index (χ1v) is 6.06. The van der Waals surface area contributed by atoms with E-state index in [-0.39, 0.29) is 0 Å². The number of benzene rings is 2. The average molecular weight is 254 g/mol. The fourth-order valence-corrected chi connectivity index (χ4v) is 2.49. The van der Waals surface area contributed by atoms with E-state index in [0.29, 0.717) is 0 Å². The lowest BCUT2D eigenvalue weighted by Gasteiger charge is -1.98. The number of rotatable bonds is 0. The van der Waals surface area contributed by atoms with Crippen molar-refractivity contribution >= 4 is 44.4 Å². The van der Waals surface area contributed by atoms with E-state index in [4.69, 9.17) is 16.0 Å². The minimum atomic E-state index is 0.739. The number of furan rings is 1. The zero-order chi connectivity index (χ0) is 12.1. The van der Waals surface area contributed by atoms with Crippen LogP contribution in [0.15, 0.2) is 53.1 Å². The standard InChI is InChI=1S/C15H8ClNO/c16-11-4-3-9-8-14-12(7-10(9)6-11)15-13(18-14)2-1-5-17-15/h1-8H. The Balaban J connectivity index is 2.24. The molecule has 2 aromatic heterocycles. The Morgan fingerprint density at radius 2 is 1.89 bits per heavy atom. The summed E-state index contributed by atoms with van der Waals surface area (Å²) in [6.45, 7) is 0. The van der Waals surface area contributed by atoms with E-state index in [1.54, 1.807) is 6.20 Å². The summed E-state index contributed by atoms with van der Waals surface area (Å²) in [5, 5.41) is 3.98. The maximum absolute atomic E-state index is 6.02. The molecule has 0 atom stereocenters. The van der Waals surface area contributed by atoms with Gasteiger partial charge in [0.1, 0.15) is 11.1 Å². The second-order valence-corrected chi connectivity index (χ2v) is 4.73. The van der Waals surface area contributed by atoms with Gasteiger partial charge in [0.2, 0.25) is 0 Å². The van der Waals surface area contributed by atoms with Crippen LogP contribution >= 0.6 is 11.6 Å². The normalized spacial score (nSPS) is 11.6. The van der Waals surface area contributed by atoms with Gasteiger partial charge in [0.05, 0.1) is 0 Å². The van der Waals surface area contributed by atoms with Crippen molar-refractivity contribution < 1.29 is 4.42 Å². The number of hydrogen-bond donors (Lipinski definition) is 0. The van der Waals surface area contributed by atoms with E-state index >= 15 is 0 Å². The van der Waals surface area contributed by atoms with E-state index < -0.39 is 0 Å². The molecule has 0 saturated carbocycles. The summed E-state index contributed by atoms with van der Waals surface area (Å²) in [6, 6.07) is 13.8. The number of hydrogen-bond acceptors (Lipinski definition) is 2. The third-order valence-corrected chi connectivity index (χ3v) is 3.38. The van der Waals surface area contributed by atoms with Crippen molar-refractivity contribution in [2.24, 2.45) is 0 Å². The Hall–Kier alpha value is -2.06. The molecule has 0 saturated heterocycles. The number of fused-ring (bicyclic) bond motifs is 4. The minimum absolute atomic E-state index is 0.739. The van der Waals surface area contributed by atoms with Crippen LogP contribution in [0.5, 0.6) is 0 Å². The van der Waals surface area contributed by atoms with E-state index in [1.807, 2.05) is 36.4 Å². The van der Waals surface area contributed by atoms with E-state index in [9.17, 15) is 0 Å². The van der Waals surface area contributed by atoms with E-state index in [1.165, 1.54) is 0 Å². The molecule has 2 nitrogen and oxygen atoms in total. The Morgan fingerprint density at radius 3 is 2.83 bits per heavy atom. The van der Waals surface area contributed by atoms with Crippen molar-refractivity contribution in [3.8, 4) is 0 Å². The van der Waals surface area contributed by atoms with Gasteiger partial charge in [-0.3, -0.25) is 4.98 Å². The summed E-state index contributed by atoms with van der Waals surface area (Å²) in [6.07, 6.45) is 1.78. The second-order valence-electron chi connectivity index (χ2n) is 4.29. The van der Waals surface area contributed by atoms with Gasteiger partial charge in [-0.2, -0.15) is 0 Å². The lowest BCUT2D eigenvalue weighted by atomic mass is 10.1. The third kappa shape index (κ3) is 1.33. The zero-order valence-corrected chi connectivity index (χ0v) is 10.1. The molecule has 0 aliphatic carbocycles. The Kier molecular flexibility index (Phi) is 1.91. The lowest BCUT2D eigenvalue weighted by Crippen LogP contribution is -1.75. The molecule has 2 aromatic carbocycles. The maximum atomic E-state index is 6.02. The molecule has 3 heteroatoms. The summed E-state index contributed by atoms with van der Waals surface area (Å²) in [7, 11) is 0.